The number of hydrogen-bond acceptors (Lipinski definition) is 4. The van der Waals surface area contributed by atoms with Gasteiger partial charge in [0.1, 0.15) is 0 Å². The summed E-state index contributed by atoms with van der Waals surface area (Å²) in [6.45, 7) is 6.95. The zero-order chi connectivity index (χ0) is 24.8. The van der Waals surface area contributed by atoms with Crippen LogP contribution in [0.1, 0.15) is 28.4 Å². The Balaban J connectivity index is 1.63. The average Bonchev–Trinajstić information content (AvgIpc) is 2.87. The molecule has 1 amide bonds. The van der Waals surface area contributed by atoms with Crippen LogP contribution in [0.4, 0.5) is 5.69 Å². The van der Waals surface area contributed by atoms with Gasteiger partial charge in [-0.1, -0.05) is 49.4 Å². The molecule has 0 saturated heterocycles. The molecule has 4 rings (SSSR count). The predicted molar refractivity (Wildman–Crippen MR) is 142 cm³/mol. The first-order valence-corrected chi connectivity index (χ1v) is 11.8. The molecule has 0 aliphatic rings. The molecular formula is C29H31N3O3. The van der Waals surface area contributed by atoms with E-state index in [1.807, 2.05) is 54.6 Å². The van der Waals surface area contributed by atoms with E-state index in [1.54, 1.807) is 20.1 Å². The lowest BCUT2D eigenvalue weighted by Gasteiger charge is -2.22. The number of fused-ring (bicyclic) bond motifs is 1. The number of anilines is 1. The summed E-state index contributed by atoms with van der Waals surface area (Å²) in [6, 6.07) is 23.4. The number of aromatic amines is 1. The predicted octanol–water partition coefficient (Wildman–Crippen LogP) is 5.22. The molecule has 0 unspecified atom stereocenters. The van der Waals surface area contributed by atoms with Crippen molar-refractivity contribution in [3.8, 4) is 11.1 Å². The Morgan fingerprint density at radius 3 is 2.57 bits per heavy atom. The third-order valence-corrected chi connectivity index (χ3v) is 6.19. The fourth-order valence-electron chi connectivity index (χ4n) is 4.17. The third-order valence-electron chi connectivity index (χ3n) is 6.19. The maximum Gasteiger partial charge on any atom is 0.255 e. The Bertz CT molecular complexity index is 1380. The van der Waals surface area contributed by atoms with Crippen molar-refractivity contribution < 1.29 is 9.53 Å². The Labute approximate surface area is 205 Å². The van der Waals surface area contributed by atoms with Crippen LogP contribution in [0.25, 0.3) is 22.0 Å². The number of nitrogens with zero attached hydrogens (tertiary/aromatic N) is 1. The Kier molecular flexibility index (Phi) is 7.75. The molecule has 0 atom stereocenters. The lowest BCUT2D eigenvalue weighted by Crippen LogP contribution is -2.27. The van der Waals surface area contributed by atoms with E-state index < -0.39 is 0 Å². The molecule has 6 nitrogen and oxygen atoms in total. The molecule has 2 N–H and O–H groups in total. The number of nitrogens with one attached hydrogen (secondary N) is 2. The summed E-state index contributed by atoms with van der Waals surface area (Å²) in [7, 11) is 1.71. The molecule has 0 saturated carbocycles. The van der Waals surface area contributed by atoms with Gasteiger partial charge in [-0.3, -0.25) is 14.5 Å². The van der Waals surface area contributed by atoms with Gasteiger partial charge in [-0.25, -0.2) is 0 Å². The first-order chi connectivity index (χ1) is 17.0. The number of hydrogen-bond donors (Lipinski definition) is 2. The van der Waals surface area contributed by atoms with E-state index in [0.29, 0.717) is 35.5 Å². The number of pyridine rings is 1. The molecule has 1 heterocycles. The standard InChI is InChI=1S/C29H31N3O3/c1-4-32(14-15-35-3)19-24-17-23(11-13-26(24)21-8-6-5-7-9-21)29(34)30-25-12-10-22-16-20(2)28(33)31-27(22)18-25/h5-13,16-18H,4,14-15,19H2,1-3H3,(H,30,34)(H,31,33). The van der Waals surface area contributed by atoms with Crippen molar-refractivity contribution in [1.82, 2.24) is 9.88 Å². The second-order valence-corrected chi connectivity index (χ2v) is 8.64. The summed E-state index contributed by atoms with van der Waals surface area (Å²) in [4.78, 5) is 30.3. The maximum atomic E-state index is 13.2. The number of methoxy groups -OCH3 is 1. The summed E-state index contributed by atoms with van der Waals surface area (Å²) in [5.74, 6) is -0.195. The Hall–Kier alpha value is -3.74. The minimum absolute atomic E-state index is 0.129. The van der Waals surface area contributed by atoms with Gasteiger partial charge in [0.05, 0.1) is 12.1 Å². The maximum absolute atomic E-state index is 13.2. The quantitative estimate of drug-likeness (QED) is 0.352. The second kappa shape index (κ2) is 11.1. The third kappa shape index (κ3) is 5.85. The molecule has 0 radical (unpaired) electrons. The fraction of sp³-hybridized carbons (Fsp3) is 0.241. The van der Waals surface area contributed by atoms with Crippen molar-refractivity contribution in [2.45, 2.75) is 20.4 Å². The van der Waals surface area contributed by atoms with Crippen molar-refractivity contribution in [2.75, 3.05) is 32.1 Å². The number of rotatable bonds is 9. The first kappa shape index (κ1) is 24.4. The van der Waals surface area contributed by atoms with Crippen molar-refractivity contribution in [2.24, 2.45) is 0 Å². The lowest BCUT2D eigenvalue weighted by molar-refractivity contribution is 0.102. The van der Waals surface area contributed by atoms with E-state index in [-0.39, 0.29) is 11.5 Å². The average molecular weight is 470 g/mol. The van der Waals surface area contributed by atoms with Crippen LogP contribution in [-0.4, -0.2) is 42.6 Å². The van der Waals surface area contributed by atoms with Gasteiger partial charge >= 0.3 is 0 Å². The SMILES string of the molecule is CCN(CCOC)Cc1cc(C(=O)Nc2ccc3cc(C)c(=O)[nH]c3c2)ccc1-c1ccccc1. The van der Waals surface area contributed by atoms with Crippen molar-refractivity contribution in [3.63, 3.8) is 0 Å². The van der Waals surface area contributed by atoms with E-state index >= 15 is 0 Å². The molecule has 6 heteroatoms. The van der Waals surface area contributed by atoms with E-state index in [1.165, 1.54) is 0 Å². The van der Waals surface area contributed by atoms with E-state index in [9.17, 15) is 9.59 Å². The molecule has 0 fully saturated rings. The van der Waals surface area contributed by atoms with Crippen LogP contribution in [0.5, 0.6) is 0 Å². The monoisotopic (exact) mass is 469 g/mol. The number of amides is 1. The van der Waals surface area contributed by atoms with Gasteiger partial charge in [-0.2, -0.15) is 0 Å². The number of H-pyrrole nitrogens is 1. The highest BCUT2D eigenvalue weighted by atomic mass is 16.5. The van der Waals surface area contributed by atoms with Gasteiger partial charge < -0.3 is 15.0 Å². The molecule has 35 heavy (non-hydrogen) atoms. The summed E-state index contributed by atoms with van der Waals surface area (Å²) >= 11 is 0. The second-order valence-electron chi connectivity index (χ2n) is 8.64. The van der Waals surface area contributed by atoms with Crippen molar-refractivity contribution >= 4 is 22.5 Å². The van der Waals surface area contributed by atoms with Crippen LogP contribution in [0.15, 0.2) is 77.6 Å². The van der Waals surface area contributed by atoms with Crippen LogP contribution >= 0.6 is 0 Å². The molecule has 180 valence electrons. The highest BCUT2D eigenvalue weighted by molar-refractivity contribution is 6.05. The molecule has 0 spiro atoms. The number of carbonyl (C=O) groups excluding carboxylic acids is 1. The molecule has 4 aromatic rings. The highest BCUT2D eigenvalue weighted by Gasteiger charge is 2.14. The van der Waals surface area contributed by atoms with E-state index in [0.717, 1.165) is 35.2 Å². The Morgan fingerprint density at radius 2 is 1.83 bits per heavy atom. The van der Waals surface area contributed by atoms with Gasteiger partial charge in [-0.15, -0.1) is 0 Å². The highest BCUT2D eigenvalue weighted by Crippen LogP contribution is 2.27. The van der Waals surface area contributed by atoms with E-state index in [2.05, 4.69) is 34.3 Å². The smallest absolute Gasteiger partial charge is 0.255 e. The molecule has 3 aromatic carbocycles. The summed E-state index contributed by atoms with van der Waals surface area (Å²) in [5.41, 5.74) is 5.74. The van der Waals surface area contributed by atoms with Crippen molar-refractivity contribution in [3.05, 3.63) is 99.8 Å². The molecule has 0 aliphatic heterocycles. The van der Waals surface area contributed by atoms with Crippen LogP contribution < -0.4 is 10.9 Å². The van der Waals surface area contributed by atoms with Crippen LogP contribution in [0.2, 0.25) is 0 Å². The minimum atomic E-state index is -0.195. The number of ether oxygens (including phenoxy) is 1. The van der Waals surface area contributed by atoms with Gasteiger partial charge in [-0.05, 0) is 65.9 Å². The van der Waals surface area contributed by atoms with Gasteiger partial charge in [0.2, 0.25) is 0 Å². The number of aryl methyl sites for hydroxylation is 1. The fourth-order valence-corrected chi connectivity index (χ4v) is 4.17. The van der Waals surface area contributed by atoms with Gasteiger partial charge in [0.15, 0.2) is 0 Å². The van der Waals surface area contributed by atoms with Gasteiger partial charge in [0.25, 0.3) is 11.5 Å². The summed E-state index contributed by atoms with van der Waals surface area (Å²) in [5, 5.41) is 3.90. The number of carbonyl (C=O) groups is 1. The summed E-state index contributed by atoms with van der Waals surface area (Å²) < 4.78 is 5.27. The van der Waals surface area contributed by atoms with Crippen LogP contribution in [0, 0.1) is 6.92 Å². The first-order valence-electron chi connectivity index (χ1n) is 11.8. The zero-order valence-electron chi connectivity index (χ0n) is 20.4. The number of aromatic nitrogens is 1. The van der Waals surface area contributed by atoms with Gasteiger partial charge in [0, 0.05) is 37.0 Å². The molecule has 1 aromatic heterocycles. The Morgan fingerprint density at radius 1 is 1.03 bits per heavy atom. The minimum Gasteiger partial charge on any atom is -0.383 e. The van der Waals surface area contributed by atoms with Crippen molar-refractivity contribution in [1.29, 1.82) is 0 Å². The molecule has 0 aliphatic carbocycles. The normalized spacial score (nSPS) is 11.2. The van der Waals surface area contributed by atoms with Crippen LogP contribution in [0.3, 0.4) is 0 Å². The topological polar surface area (TPSA) is 74.4 Å². The summed E-state index contributed by atoms with van der Waals surface area (Å²) in [6.07, 6.45) is 0. The molecular weight excluding hydrogens is 438 g/mol. The number of likely N-dealkylation sites (N-methyl/N-ethyl adjacent to an activating group) is 1. The zero-order valence-corrected chi connectivity index (χ0v) is 20.4. The van der Waals surface area contributed by atoms with Crippen LogP contribution in [-0.2, 0) is 11.3 Å². The lowest BCUT2D eigenvalue weighted by atomic mass is 9.96. The largest absolute Gasteiger partial charge is 0.383 e. The van der Waals surface area contributed by atoms with E-state index in [4.69, 9.17) is 4.74 Å². The number of benzene rings is 3. The molecule has 0 bridgehead atoms.